The van der Waals surface area contributed by atoms with Crippen molar-refractivity contribution in [3.8, 4) is 0 Å². The third kappa shape index (κ3) is 5.87. The van der Waals surface area contributed by atoms with Crippen molar-refractivity contribution in [3.63, 3.8) is 0 Å². The first-order valence-electron chi connectivity index (χ1n) is 10.3. The fraction of sp³-hybridized carbons (Fsp3) is 0.550. The summed E-state index contributed by atoms with van der Waals surface area (Å²) >= 11 is 0. The highest BCUT2D eigenvalue weighted by Gasteiger charge is 2.48. The number of carbonyl (C=O) groups is 4. The number of esters is 2. The van der Waals surface area contributed by atoms with E-state index in [4.69, 9.17) is 19.9 Å². The molecule has 1 fully saturated rings. The number of nitrogen functional groups attached to an aromatic ring is 1. The van der Waals surface area contributed by atoms with E-state index < -0.39 is 36.5 Å². The number of hydrogen-bond acceptors (Lipinski definition) is 12. The Morgan fingerprint density at radius 2 is 1.73 bits per heavy atom. The molecule has 2 aromatic heterocycles. The minimum atomic E-state index is -1.37. The Kier molecular flexibility index (Phi) is 7.66. The van der Waals surface area contributed by atoms with E-state index >= 15 is 0 Å². The second-order valence-corrected chi connectivity index (χ2v) is 7.68. The van der Waals surface area contributed by atoms with E-state index in [0.29, 0.717) is 5.52 Å². The van der Waals surface area contributed by atoms with Crippen LogP contribution in [0.15, 0.2) is 12.7 Å². The number of hydrogen-bond donors (Lipinski definition) is 2. The highest BCUT2D eigenvalue weighted by Crippen LogP contribution is 2.34. The summed E-state index contributed by atoms with van der Waals surface area (Å²) in [5.41, 5.74) is 6.38. The summed E-state index contributed by atoms with van der Waals surface area (Å²) in [5.74, 6) is -1.57. The predicted molar refractivity (Wildman–Crippen MR) is 110 cm³/mol. The van der Waals surface area contributed by atoms with Gasteiger partial charge >= 0.3 is 11.9 Å². The fourth-order valence-corrected chi connectivity index (χ4v) is 3.30. The smallest absolute Gasteiger partial charge is 0.306 e. The zero-order valence-electron chi connectivity index (χ0n) is 18.2. The second kappa shape index (κ2) is 10.4. The monoisotopic (exact) mass is 463 g/mol. The normalized spacial score (nSPS) is 22.3. The molecule has 1 saturated heterocycles. The highest BCUT2D eigenvalue weighted by molar-refractivity contribution is 5.82. The molecule has 0 amide bonds. The van der Waals surface area contributed by atoms with Crippen LogP contribution >= 0.6 is 0 Å². The van der Waals surface area contributed by atoms with Crippen LogP contribution in [-0.4, -0.2) is 73.0 Å². The van der Waals surface area contributed by atoms with Crippen molar-refractivity contribution in [1.82, 2.24) is 19.5 Å². The molecule has 4 atom stereocenters. The van der Waals surface area contributed by atoms with E-state index in [1.54, 1.807) is 0 Å². The number of aliphatic hydroxyl groups is 1. The lowest BCUT2D eigenvalue weighted by molar-refractivity contribution is -0.161. The first-order valence-corrected chi connectivity index (χ1v) is 10.3. The topological polar surface area (TPSA) is 186 Å². The molecule has 3 N–H and O–H groups in total. The number of Topliss-reactive ketones (excluding diaryl/α,β-unsaturated/α-hetero) is 2. The number of aliphatic hydroxyl groups excluding tert-OH is 1. The quantitative estimate of drug-likeness (QED) is 0.445. The molecule has 0 radical (unpaired) electrons. The van der Waals surface area contributed by atoms with Gasteiger partial charge in [0, 0.05) is 12.8 Å². The maximum absolute atomic E-state index is 12.2. The summed E-state index contributed by atoms with van der Waals surface area (Å²) in [6.07, 6.45) is -2.39. The molecule has 3 rings (SSSR count). The average Bonchev–Trinajstić information content (AvgIpc) is 3.31. The Hall–Kier alpha value is -3.45. The molecular weight excluding hydrogens is 438 g/mol. The van der Waals surface area contributed by atoms with Crippen LogP contribution in [0.2, 0.25) is 0 Å². The highest BCUT2D eigenvalue weighted by atomic mass is 16.6. The molecule has 0 spiro atoms. The number of imidazole rings is 1. The minimum Gasteiger partial charge on any atom is -0.463 e. The summed E-state index contributed by atoms with van der Waals surface area (Å²) in [5, 5.41) is 10.9. The van der Waals surface area contributed by atoms with Crippen LogP contribution in [0.3, 0.4) is 0 Å². The zero-order valence-corrected chi connectivity index (χ0v) is 18.2. The van der Waals surface area contributed by atoms with Gasteiger partial charge in [-0.1, -0.05) is 0 Å². The number of fused-ring (bicyclic) bond motifs is 1. The Morgan fingerprint density at radius 1 is 1.06 bits per heavy atom. The Bertz CT molecular complexity index is 1050. The van der Waals surface area contributed by atoms with E-state index in [0.717, 1.165) is 0 Å². The Labute approximate surface area is 188 Å². The van der Waals surface area contributed by atoms with Crippen LogP contribution in [0.5, 0.6) is 0 Å². The first kappa shape index (κ1) is 24.2. The van der Waals surface area contributed by atoms with E-state index in [2.05, 4.69) is 15.0 Å². The van der Waals surface area contributed by atoms with Gasteiger partial charge in [0.1, 0.15) is 42.2 Å². The number of anilines is 1. The Balaban J connectivity index is 1.78. The number of rotatable bonds is 10. The molecule has 13 heteroatoms. The first-order chi connectivity index (χ1) is 15.7. The van der Waals surface area contributed by atoms with Crippen LogP contribution in [0, 0.1) is 0 Å². The number of ether oxygens (including phenoxy) is 3. The molecule has 0 saturated carbocycles. The van der Waals surface area contributed by atoms with E-state index in [9.17, 15) is 24.3 Å². The predicted octanol–water partition coefficient (Wildman–Crippen LogP) is -0.140. The maximum atomic E-state index is 12.2. The van der Waals surface area contributed by atoms with Crippen LogP contribution in [-0.2, 0) is 33.4 Å². The lowest BCUT2D eigenvalue weighted by Crippen LogP contribution is -2.38. The van der Waals surface area contributed by atoms with Gasteiger partial charge in [-0.05, 0) is 13.8 Å². The molecule has 2 aromatic rings. The third-order valence-corrected chi connectivity index (χ3v) is 5.01. The molecule has 1 aliphatic rings. The minimum absolute atomic E-state index is 0.0149. The number of nitrogens with zero attached hydrogens (tertiary/aromatic N) is 4. The summed E-state index contributed by atoms with van der Waals surface area (Å²) in [4.78, 5) is 58.5. The molecule has 3 heterocycles. The number of ketones is 2. The average molecular weight is 463 g/mol. The second-order valence-electron chi connectivity index (χ2n) is 7.68. The van der Waals surface area contributed by atoms with Crippen molar-refractivity contribution in [2.75, 3.05) is 12.3 Å². The van der Waals surface area contributed by atoms with Crippen LogP contribution in [0.25, 0.3) is 11.2 Å². The molecule has 0 unspecified atom stereocenters. The van der Waals surface area contributed by atoms with E-state index in [1.807, 2.05) is 0 Å². The molecular formula is C20H25N5O8. The zero-order chi connectivity index (χ0) is 24.1. The van der Waals surface area contributed by atoms with Crippen molar-refractivity contribution in [1.29, 1.82) is 0 Å². The van der Waals surface area contributed by atoms with E-state index in [1.165, 1.54) is 31.1 Å². The van der Waals surface area contributed by atoms with Crippen molar-refractivity contribution in [3.05, 3.63) is 12.7 Å². The van der Waals surface area contributed by atoms with Crippen LogP contribution in [0.4, 0.5) is 5.82 Å². The molecule has 0 aliphatic carbocycles. The molecule has 178 valence electrons. The van der Waals surface area contributed by atoms with Gasteiger partial charge in [0.05, 0.1) is 19.2 Å². The van der Waals surface area contributed by atoms with Gasteiger partial charge in [-0.2, -0.15) is 0 Å². The fourth-order valence-electron chi connectivity index (χ4n) is 3.30. The van der Waals surface area contributed by atoms with Crippen LogP contribution < -0.4 is 5.73 Å². The lowest BCUT2D eigenvalue weighted by atomic mass is 10.1. The van der Waals surface area contributed by atoms with Crippen molar-refractivity contribution in [2.45, 2.75) is 64.1 Å². The standard InChI is InChI=1S/C20H25N5O8/c1-10(26)3-5-13(28)31-7-12-17(33-14(29)6-4-11(2)27)16(30)20(32-12)25-9-24-15-18(21)22-8-23-19(15)25/h8-9,12,16-17,20,30H,3-7H2,1-2H3,(H2,21,22,23)/t12-,16-,17-,20-/m1/s1. The number of carbonyl (C=O) groups excluding carboxylic acids is 4. The third-order valence-electron chi connectivity index (χ3n) is 5.01. The van der Waals surface area contributed by atoms with Gasteiger partial charge in [-0.3, -0.25) is 14.2 Å². The number of aromatic nitrogens is 4. The summed E-state index contributed by atoms with van der Waals surface area (Å²) in [7, 11) is 0. The van der Waals surface area contributed by atoms with E-state index in [-0.39, 0.29) is 55.3 Å². The lowest BCUT2D eigenvalue weighted by Gasteiger charge is -2.20. The van der Waals surface area contributed by atoms with Gasteiger partial charge in [0.25, 0.3) is 0 Å². The van der Waals surface area contributed by atoms with Crippen molar-refractivity contribution < 1.29 is 38.5 Å². The van der Waals surface area contributed by atoms with Gasteiger partial charge in [0.2, 0.25) is 0 Å². The summed E-state index contributed by atoms with van der Waals surface area (Å²) < 4.78 is 17.8. The van der Waals surface area contributed by atoms with Crippen LogP contribution in [0.1, 0.15) is 45.8 Å². The van der Waals surface area contributed by atoms with Crippen molar-refractivity contribution in [2.24, 2.45) is 0 Å². The molecule has 0 aromatic carbocycles. The summed E-state index contributed by atoms with van der Waals surface area (Å²) in [6.45, 7) is 2.37. The molecule has 13 nitrogen and oxygen atoms in total. The van der Waals surface area contributed by atoms with Gasteiger partial charge in [-0.15, -0.1) is 0 Å². The largest absolute Gasteiger partial charge is 0.463 e. The maximum Gasteiger partial charge on any atom is 0.306 e. The molecule has 1 aliphatic heterocycles. The van der Waals surface area contributed by atoms with Crippen molar-refractivity contribution >= 4 is 40.5 Å². The Morgan fingerprint density at radius 3 is 2.39 bits per heavy atom. The van der Waals surface area contributed by atoms with Gasteiger partial charge in [-0.25, -0.2) is 15.0 Å². The summed E-state index contributed by atoms with van der Waals surface area (Å²) in [6, 6.07) is 0. The molecule has 0 bridgehead atoms. The van der Waals surface area contributed by atoms with Gasteiger partial charge in [0.15, 0.2) is 23.8 Å². The SMILES string of the molecule is CC(=O)CCC(=O)OC[C@H]1O[C@@H](n2cnc3c(N)ncnc32)[C@H](O)[C@@H]1OC(=O)CCC(C)=O. The molecule has 33 heavy (non-hydrogen) atoms. The number of nitrogens with two attached hydrogens (primary N) is 1. The van der Waals surface area contributed by atoms with Gasteiger partial charge < -0.3 is 34.6 Å².